The van der Waals surface area contributed by atoms with Gasteiger partial charge in [0.2, 0.25) is 5.95 Å². The Morgan fingerprint density at radius 3 is 1.83 bits per heavy atom. The van der Waals surface area contributed by atoms with Gasteiger partial charge in [0.05, 0.1) is 38.8 Å². The summed E-state index contributed by atoms with van der Waals surface area (Å²) in [6, 6.07) is 52.0. The Hall–Kier alpha value is -6.26. The van der Waals surface area contributed by atoms with E-state index in [1.165, 1.54) is 59.6 Å². The molecule has 0 aliphatic heterocycles. The summed E-state index contributed by atoms with van der Waals surface area (Å²) in [5.41, 5.74) is 8.89. The van der Waals surface area contributed by atoms with Crippen LogP contribution in [0.4, 0.5) is 0 Å². The van der Waals surface area contributed by atoms with Crippen LogP contribution >= 0.6 is 0 Å². The summed E-state index contributed by atoms with van der Waals surface area (Å²) < 4.78 is 4.82. The fraction of sp³-hybridized carbons (Fsp3) is 0. The summed E-state index contributed by atoms with van der Waals surface area (Å²) in [7, 11) is 0. The Morgan fingerprint density at radius 2 is 0.978 bits per heavy atom. The monoisotopic (exact) mass is 584 g/mol. The molecule has 0 spiro atoms. The number of aromatic nitrogens is 4. The van der Waals surface area contributed by atoms with Gasteiger partial charge in [-0.1, -0.05) is 127 Å². The van der Waals surface area contributed by atoms with E-state index in [4.69, 9.17) is 9.97 Å². The zero-order chi connectivity index (χ0) is 29.9. The third-order valence-corrected chi connectivity index (χ3v) is 9.83. The lowest BCUT2D eigenvalue weighted by atomic mass is 9.98. The second-order valence-electron chi connectivity index (χ2n) is 12.2. The summed E-state index contributed by atoms with van der Waals surface area (Å²) >= 11 is 0. The minimum atomic E-state index is 0.676. The van der Waals surface area contributed by atoms with Crippen molar-refractivity contribution < 1.29 is 0 Å². The molecule has 0 saturated heterocycles. The van der Waals surface area contributed by atoms with Gasteiger partial charge in [-0.05, 0) is 23.6 Å². The van der Waals surface area contributed by atoms with Crippen LogP contribution < -0.4 is 0 Å². The molecule has 0 atom stereocenters. The average Bonchev–Trinajstić information content (AvgIpc) is 3.77. The molecule has 7 aromatic carbocycles. The number of rotatable bonds is 2. The molecule has 0 aliphatic rings. The first-order chi connectivity index (χ1) is 22.9. The minimum Gasteiger partial charge on any atom is -0.307 e. The quantitative estimate of drug-likeness (QED) is 0.203. The molecular formula is C42H24N4. The molecule has 0 aliphatic carbocycles. The Balaban J connectivity index is 1.44. The number of hydrogen-bond acceptors (Lipinski definition) is 2. The molecule has 0 radical (unpaired) electrons. The molecule has 0 unspecified atom stereocenters. The van der Waals surface area contributed by atoms with E-state index in [1.54, 1.807) is 0 Å². The van der Waals surface area contributed by atoms with Crippen LogP contribution in [-0.2, 0) is 0 Å². The average molecular weight is 585 g/mol. The Kier molecular flexibility index (Phi) is 4.55. The molecule has 4 heterocycles. The van der Waals surface area contributed by atoms with Crippen molar-refractivity contribution >= 4 is 81.6 Å². The van der Waals surface area contributed by atoms with Crippen molar-refractivity contribution in [2.45, 2.75) is 0 Å². The highest BCUT2D eigenvalue weighted by atomic mass is 15.2. The fourth-order valence-corrected chi connectivity index (χ4v) is 8.03. The molecular weight excluding hydrogens is 560 g/mol. The smallest absolute Gasteiger partial charge is 0.235 e. The number of benzene rings is 7. The highest BCUT2D eigenvalue weighted by Crippen LogP contribution is 2.48. The molecule has 212 valence electrons. The summed E-state index contributed by atoms with van der Waals surface area (Å²) in [6.07, 6.45) is 0. The van der Waals surface area contributed by atoms with E-state index in [0.717, 1.165) is 33.2 Å². The van der Waals surface area contributed by atoms with E-state index in [0.29, 0.717) is 5.95 Å². The maximum absolute atomic E-state index is 5.40. The molecule has 4 aromatic heterocycles. The molecule has 4 heteroatoms. The maximum atomic E-state index is 5.40. The van der Waals surface area contributed by atoms with Crippen molar-refractivity contribution in [3.63, 3.8) is 0 Å². The molecule has 0 bridgehead atoms. The molecule has 0 fully saturated rings. The van der Waals surface area contributed by atoms with Crippen LogP contribution in [0.25, 0.3) is 98.8 Å². The van der Waals surface area contributed by atoms with E-state index in [-0.39, 0.29) is 0 Å². The Labute approximate surface area is 262 Å². The van der Waals surface area contributed by atoms with Gasteiger partial charge < -0.3 is 4.40 Å². The van der Waals surface area contributed by atoms with E-state index in [1.807, 2.05) is 0 Å². The summed E-state index contributed by atoms with van der Waals surface area (Å²) in [5, 5.41) is 11.0. The first-order valence-electron chi connectivity index (χ1n) is 15.7. The maximum Gasteiger partial charge on any atom is 0.235 e. The zero-order valence-corrected chi connectivity index (χ0v) is 24.6. The summed E-state index contributed by atoms with van der Waals surface area (Å²) in [6.45, 7) is 0. The van der Waals surface area contributed by atoms with Crippen molar-refractivity contribution in [2.75, 3.05) is 0 Å². The van der Waals surface area contributed by atoms with Gasteiger partial charge in [0, 0.05) is 48.7 Å². The van der Waals surface area contributed by atoms with Gasteiger partial charge in [-0.2, -0.15) is 0 Å². The predicted octanol–water partition coefficient (Wildman–Crippen LogP) is 10.7. The van der Waals surface area contributed by atoms with Crippen LogP contribution in [0.3, 0.4) is 0 Å². The van der Waals surface area contributed by atoms with Gasteiger partial charge in [0.15, 0.2) is 0 Å². The second kappa shape index (κ2) is 8.68. The van der Waals surface area contributed by atoms with Gasteiger partial charge >= 0.3 is 0 Å². The molecule has 46 heavy (non-hydrogen) atoms. The first kappa shape index (κ1) is 24.1. The van der Waals surface area contributed by atoms with Crippen LogP contribution in [0.1, 0.15) is 0 Å². The van der Waals surface area contributed by atoms with Crippen LogP contribution in [-0.4, -0.2) is 18.9 Å². The first-order valence-corrected chi connectivity index (χ1v) is 15.7. The largest absolute Gasteiger partial charge is 0.307 e. The van der Waals surface area contributed by atoms with Crippen LogP contribution in [0.15, 0.2) is 146 Å². The minimum absolute atomic E-state index is 0.676. The van der Waals surface area contributed by atoms with Crippen molar-refractivity contribution in [2.24, 2.45) is 0 Å². The van der Waals surface area contributed by atoms with E-state index in [2.05, 4.69) is 155 Å². The lowest BCUT2D eigenvalue weighted by Gasteiger charge is -2.13. The van der Waals surface area contributed by atoms with Crippen molar-refractivity contribution in [1.82, 2.24) is 18.9 Å². The van der Waals surface area contributed by atoms with Crippen LogP contribution in [0, 0.1) is 0 Å². The number of nitrogens with zero attached hydrogens (tertiary/aromatic N) is 4. The highest BCUT2D eigenvalue weighted by molar-refractivity contribution is 6.39. The SMILES string of the molecule is c1ccc(-c2nc(-n3c4ccccc4c4c5ccccc5c5c(c6cccc7c8ccccc8n5c76)c43)nc3ccccc23)cc1. The van der Waals surface area contributed by atoms with E-state index < -0.39 is 0 Å². The van der Waals surface area contributed by atoms with E-state index >= 15 is 0 Å². The normalized spacial score (nSPS) is 12.3. The number of hydrogen-bond donors (Lipinski definition) is 0. The van der Waals surface area contributed by atoms with Crippen molar-refractivity contribution in [3.8, 4) is 17.2 Å². The lowest BCUT2D eigenvalue weighted by molar-refractivity contribution is 1.02. The summed E-state index contributed by atoms with van der Waals surface area (Å²) in [5.74, 6) is 0.676. The topological polar surface area (TPSA) is 35.1 Å². The molecule has 11 aromatic rings. The molecule has 11 rings (SSSR count). The number of para-hydroxylation sites is 4. The third kappa shape index (κ3) is 2.94. The molecule has 0 saturated carbocycles. The highest BCUT2D eigenvalue weighted by Gasteiger charge is 2.26. The van der Waals surface area contributed by atoms with Crippen molar-refractivity contribution in [3.05, 3.63) is 146 Å². The van der Waals surface area contributed by atoms with Gasteiger partial charge in [0.25, 0.3) is 0 Å². The molecule has 0 amide bonds. The second-order valence-corrected chi connectivity index (χ2v) is 12.2. The third-order valence-electron chi connectivity index (χ3n) is 9.83. The summed E-state index contributed by atoms with van der Waals surface area (Å²) in [4.78, 5) is 10.7. The predicted molar refractivity (Wildman–Crippen MR) is 191 cm³/mol. The fourth-order valence-electron chi connectivity index (χ4n) is 8.03. The zero-order valence-electron chi connectivity index (χ0n) is 24.6. The van der Waals surface area contributed by atoms with Gasteiger partial charge in [0.1, 0.15) is 0 Å². The lowest BCUT2D eigenvalue weighted by Crippen LogP contribution is -2.03. The Bertz CT molecular complexity index is 3020. The molecule has 4 nitrogen and oxygen atoms in total. The standard InChI is InChI=1S/C42H24N4/c1-2-13-25(14-3-1)38-30-18-6-9-22-33(30)43-42(44-38)46-35-24-11-8-19-31(35)36-27-16-4-5-17-29(27)40-37(41(36)46)32-21-12-20-28-26-15-7-10-23-34(26)45(40)39(28)32/h1-24H. The Morgan fingerprint density at radius 1 is 0.370 bits per heavy atom. The van der Waals surface area contributed by atoms with Crippen LogP contribution in [0.2, 0.25) is 0 Å². The van der Waals surface area contributed by atoms with Crippen molar-refractivity contribution in [1.29, 1.82) is 0 Å². The van der Waals surface area contributed by atoms with E-state index in [9.17, 15) is 0 Å². The van der Waals surface area contributed by atoms with Gasteiger partial charge in [-0.15, -0.1) is 0 Å². The van der Waals surface area contributed by atoms with Gasteiger partial charge in [-0.3, -0.25) is 4.57 Å². The van der Waals surface area contributed by atoms with Crippen LogP contribution in [0.5, 0.6) is 0 Å². The van der Waals surface area contributed by atoms with Gasteiger partial charge in [-0.25, -0.2) is 9.97 Å². The number of fused-ring (bicyclic) bond motifs is 14. The molecule has 0 N–H and O–H groups in total.